The maximum atomic E-state index is 11.3. The first-order chi connectivity index (χ1) is 8.56. The van der Waals surface area contributed by atoms with Crippen LogP contribution in [0.2, 0.25) is 0 Å². The van der Waals surface area contributed by atoms with Gasteiger partial charge in [0.25, 0.3) is 5.91 Å². The van der Waals surface area contributed by atoms with E-state index in [-0.39, 0.29) is 0 Å². The summed E-state index contributed by atoms with van der Waals surface area (Å²) in [5.41, 5.74) is 7.62. The van der Waals surface area contributed by atoms with Crippen molar-refractivity contribution in [1.82, 2.24) is 9.97 Å². The molecule has 5 nitrogen and oxygen atoms in total. The molecule has 0 aromatic carbocycles. The van der Waals surface area contributed by atoms with Gasteiger partial charge >= 0.3 is 0 Å². The fourth-order valence-electron chi connectivity index (χ4n) is 1.73. The highest BCUT2D eigenvalue weighted by Crippen LogP contribution is 2.17. The number of nitrogens with one attached hydrogen (secondary N) is 1. The molecule has 1 amide bonds. The average Bonchev–Trinajstić information content (AvgIpc) is 2.27. The number of aromatic nitrogens is 2. The molecule has 18 heavy (non-hydrogen) atoms. The van der Waals surface area contributed by atoms with E-state index in [1.807, 2.05) is 26.0 Å². The Balaban J connectivity index is 2.37. The standard InChI is InChI=1S/C13H14N4O/c1-8-6-9(2)16-11(7-8)17-13-10(12(14)18)4-3-5-15-13/h3-7H,1-2H3,(H2,14,18)(H,15,16,17). The van der Waals surface area contributed by atoms with Crippen molar-refractivity contribution in [2.24, 2.45) is 5.73 Å². The van der Waals surface area contributed by atoms with Gasteiger partial charge in [0.05, 0.1) is 5.56 Å². The number of pyridine rings is 2. The molecule has 92 valence electrons. The molecule has 0 fully saturated rings. The van der Waals surface area contributed by atoms with Crippen molar-refractivity contribution >= 4 is 17.5 Å². The van der Waals surface area contributed by atoms with Crippen LogP contribution in [0.15, 0.2) is 30.5 Å². The summed E-state index contributed by atoms with van der Waals surface area (Å²) in [5, 5.41) is 3.01. The van der Waals surface area contributed by atoms with E-state index in [0.717, 1.165) is 11.3 Å². The molecule has 0 aliphatic carbocycles. The number of rotatable bonds is 3. The van der Waals surface area contributed by atoms with Crippen molar-refractivity contribution < 1.29 is 4.79 Å². The number of hydrogen-bond acceptors (Lipinski definition) is 4. The van der Waals surface area contributed by atoms with Crippen molar-refractivity contribution in [2.45, 2.75) is 13.8 Å². The lowest BCUT2D eigenvalue weighted by molar-refractivity contribution is 0.100. The zero-order valence-electron chi connectivity index (χ0n) is 10.3. The monoisotopic (exact) mass is 242 g/mol. The van der Waals surface area contributed by atoms with Gasteiger partial charge in [-0.1, -0.05) is 0 Å². The molecule has 2 aromatic rings. The summed E-state index contributed by atoms with van der Waals surface area (Å²) in [7, 11) is 0. The predicted octanol–water partition coefficient (Wildman–Crippen LogP) is 1.94. The predicted molar refractivity (Wildman–Crippen MR) is 69.7 cm³/mol. The minimum Gasteiger partial charge on any atom is -0.365 e. The molecule has 0 unspecified atom stereocenters. The van der Waals surface area contributed by atoms with Gasteiger partial charge in [-0.05, 0) is 43.7 Å². The van der Waals surface area contributed by atoms with E-state index in [1.54, 1.807) is 18.3 Å². The summed E-state index contributed by atoms with van der Waals surface area (Å²) < 4.78 is 0. The van der Waals surface area contributed by atoms with E-state index in [0.29, 0.717) is 17.2 Å². The normalized spacial score (nSPS) is 10.1. The third kappa shape index (κ3) is 2.63. The molecule has 0 atom stereocenters. The number of nitrogens with zero attached hydrogens (tertiary/aromatic N) is 2. The topological polar surface area (TPSA) is 80.9 Å². The van der Waals surface area contributed by atoms with Crippen molar-refractivity contribution in [3.05, 3.63) is 47.3 Å². The first kappa shape index (κ1) is 12.0. The summed E-state index contributed by atoms with van der Waals surface area (Å²) in [6.45, 7) is 3.89. The van der Waals surface area contributed by atoms with Gasteiger partial charge in [-0.3, -0.25) is 4.79 Å². The van der Waals surface area contributed by atoms with Gasteiger partial charge in [0.15, 0.2) is 0 Å². The van der Waals surface area contributed by atoms with Gasteiger partial charge in [0, 0.05) is 11.9 Å². The van der Waals surface area contributed by atoms with Crippen LogP contribution < -0.4 is 11.1 Å². The summed E-state index contributed by atoms with van der Waals surface area (Å²) in [5.74, 6) is 0.547. The van der Waals surface area contributed by atoms with E-state index in [1.165, 1.54) is 0 Å². The Morgan fingerprint density at radius 1 is 1.33 bits per heavy atom. The maximum absolute atomic E-state index is 11.3. The Hall–Kier alpha value is -2.43. The molecule has 0 aliphatic heterocycles. The first-order valence-electron chi connectivity index (χ1n) is 5.53. The van der Waals surface area contributed by atoms with Gasteiger partial charge in [0.1, 0.15) is 11.6 Å². The molecule has 0 spiro atoms. The lowest BCUT2D eigenvalue weighted by Crippen LogP contribution is -2.14. The highest BCUT2D eigenvalue weighted by Gasteiger charge is 2.09. The Morgan fingerprint density at radius 2 is 2.11 bits per heavy atom. The lowest BCUT2D eigenvalue weighted by Gasteiger charge is -2.09. The number of hydrogen-bond donors (Lipinski definition) is 2. The molecule has 0 saturated heterocycles. The zero-order valence-corrected chi connectivity index (χ0v) is 10.3. The van der Waals surface area contributed by atoms with Crippen LogP contribution in [-0.4, -0.2) is 15.9 Å². The summed E-state index contributed by atoms with van der Waals surface area (Å²) in [6, 6.07) is 7.14. The Kier molecular flexibility index (Phi) is 3.23. The summed E-state index contributed by atoms with van der Waals surface area (Å²) in [6.07, 6.45) is 1.59. The van der Waals surface area contributed by atoms with Crippen LogP contribution in [0.4, 0.5) is 11.6 Å². The highest BCUT2D eigenvalue weighted by molar-refractivity contribution is 5.98. The zero-order chi connectivity index (χ0) is 13.1. The fraction of sp³-hybridized carbons (Fsp3) is 0.154. The number of carbonyl (C=O) groups excluding carboxylic acids is 1. The number of nitrogens with two attached hydrogens (primary N) is 1. The Bertz CT molecular complexity index is 575. The van der Waals surface area contributed by atoms with Crippen molar-refractivity contribution in [3.63, 3.8) is 0 Å². The van der Waals surface area contributed by atoms with E-state index in [2.05, 4.69) is 15.3 Å². The van der Waals surface area contributed by atoms with Gasteiger partial charge < -0.3 is 11.1 Å². The smallest absolute Gasteiger partial charge is 0.252 e. The number of amides is 1. The molecular weight excluding hydrogens is 228 g/mol. The van der Waals surface area contributed by atoms with Crippen molar-refractivity contribution in [1.29, 1.82) is 0 Å². The molecule has 0 saturated carbocycles. The maximum Gasteiger partial charge on any atom is 0.252 e. The number of primary amides is 1. The van der Waals surface area contributed by atoms with Crippen molar-refractivity contribution in [2.75, 3.05) is 5.32 Å². The molecule has 5 heteroatoms. The number of anilines is 2. The quantitative estimate of drug-likeness (QED) is 0.861. The molecule has 3 N–H and O–H groups in total. The third-order valence-corrected chi connectivity index (χ3v) is 2.42. The number of aryl methyl sites for hydroxylation is 2. The average molecular weight is 242 g/mol. The minimum atomic E-state index is -0.519. The van der Waals surface area contributed by atoms with Crippen LogP contribution in [0.5, 0.6) is 0 Å². The summed E-state index contributed by atoms with van der Waals surface area (Å²) in [4.78, 5) is 19.7. The van der Waals surface area contributed by atoms with Crippen LogP contribution in [0.25, 0.3) is 0 Å². The molecular formula is C13H14N4O. The Labute approximate surface area is 105 Å². The SMILES string of the molecule is Cc1cc(C)nc(Nc2ncccc2C(N)=O)c1. The molecule has 2 aromatic heterocycles. The van der Waals surface area contributed by atoms with E-state index >= 15 is 0 Å². The van der Waals surface area contributed by atoms with Crippen LogP contribution >= 0.6 is 0 Å². The van der Waals surface area contributed by atoms with Gasteiger partial charge in [0.2, 0.25) is 0 Å². The molecule has 0 aliphatic rings. The van der Waals surface area contributed by atoms with Crippen LogP contribution in [0.3, 0.4) is 0 Å². The van der Waals surface area contributed by atoms with Gasteiger partial charge in [-0.15, -0.1) is 0 Å². The van der Waals surface area contributed by atoms with E-state index in [4.69, 9.17) is 5.73 Å². The first-order valence-corrected chi connectivity index (χ1v) is 5.53. The highest BCUT2D eigenvalue weighted by atomic mass is 16.1. The fourth-order valence-corrected chi connectivity index (χ4v) is 1.73. The third-order valence-electron chi connectivity index (χ3n) is 2.42. The number of carbonyl (C=O) groups is 1. The molecule has 0 bridgehead atoms. The Morgan fingerprint density at radius 3 is 2.78 bits per heavy atom. The largest absolute Gasteiger partial charge is 0.365 e. The van der Waals surface area contributed by atoms with E-state index in [9.17, 15) is 4.79 Å². The second-order valence-corrected chi connectivity index (χ2v) is 4.06. The van der Waals surface area contributed by atoms with Crippen LogP contribution in [0.1, 0.15) is 21.6 Å². The minimum absolute atomic E-state index is 0.346. The molecule has 2 heterocycles. The molecule has 2 rings (SSSR count). The second-order valence-electron chi connectivity index (χ2n) is 4.06. The molecule has 0 radical (unpaired) electrons. The van der Waals surface area contributed by atoms with Crippen molar-refractivity contribution in [3.8, 4) is 0 Å². The summed E-state index contributed by atoms with van der Waals surface area (Å²) >= 11 is 0. The van der Waals surface area contributed by atoms with E-state index < -0.39 is 5.91 Å². The van der Waals surface area contributed by atoms with Crippen LogP contribution in [0, 0.1) is 13.8 Å². The van der Waals surface area contributed by atoms with Gasteiger partial charge in [-0.25, -0.2) is 9.97 Å². The second kappa shape index (κ2) is 4.83. The van der Waals surface area contributed by atoms with Crippen LogP contribution in [-0.2, 0) is 0 Å². The van der Waals surface area contributed by atoms with Gasteiger partial charge in [-0.2, -0.15) is 0 Å². The lowest BCUT2D eigenvalue weighted by atomic mass is 10.2.